The maximum absolute atomic E-state index is 11.2. The van der Waals surface area contributed by atoms with E-state index in [1.54, 1.807) is 12.1 Å². The van der Waals surface area contributed by atoms with E-state index in [1.807, 2.05) is 6.92 Å². The molecular formula is C15H14ClN7O2. The summed E-state index contributed by atoms with van der Waals surface area (Å²) in [6, 6.07) is 4.68. The van der Waals surface area contributed by atoms with E-state index in [2.05, 4.69) is 25.5 Å². The first-order valence-electron chi connectivity index (χ1n) is 7.29. The van der Waals surface area contributed by atoms with Gasteiger partial charge in [0, 0.05) is 18.3 Å². The minimum absolute atomic E-state index is 0.184. The fourth-order valence-electron chi connectivity index (χ4n) is 2.05. The van der Waals surface area contributed by atoms with Crippen molar-refractivity contribution in [1.82, 2.24) is 20.2 Å². The SMILES string of the molecule is CCc1nnc(-c2cnc(Nc3ccc(C(N)=O)c(Cl)c3)nc2N)o1. The minimum atomic E-state index is -0.604. The van der Waals surface area contributed by atoms with Gasteiger partial charge in [0.15, 0.2) is 0 Å². The third-order valence-corrected chi connectivity index (χ3v) is 3.62. The standard InChI is InChI=1S/C15H14ClN7O2/c1-2-11-22-23-14(25-11)9-6-19-15(21-12(9)17)20-7-3-4-8(13(18)24)10(16)5-7/h3-6H,2H2,1H3,(H2,18,24)(H3,17,19,20,21). The molecule has 9 nitrogen and oxygen atoms in total. The lowest BCUT2D eigenvalue weighted by molar-refractivity contribution is 0.100. The quantitative estimate of drug-likeness (QED) is 0.628. The normalized spacial score (nSPS) is 10.6. The second-order valence-corrected chi connectivity index (χ2v) is 5.44. The van der Waals surface area contributed by atoms with Crippen molar-refractivity contribution < 1.29 is 9.21 Å². The van der Waals surface area contributed by atoms with Gasteiger partial charge in [0.1, 0.15) is 5.82 Å². The van der Waals surface area contributed by atoms with Crippen LogP contribution in [-0.2, 0) is 6.42 Å². The lowest BCUT2D eigenvalue weighted by Gasteiger charge is -2.08. The van der Waals surface area contributed by atoms with Crippen LogP contribution >= 0.6 is 11.6 Å². The maximum atomic E-state index is 11.2. The summed E-state index contributed by atoms with van der Waals surface area (Å²) in [5.74, 6) is 0.589. The van der Waals surface area contributed by atoms with Crippen molar-refractivity contribution in [2.45, 2.75) is 13.3 Å². The minimum Gasteiger partial charge on any atom is -0.421 e. The molecule has 0 saturated heterocycles. The van der Waals surface area contributed by atoms with E-state index < -0.39 is 5.91 Å². The van der Waals surface area contributed by atoms with Crippen LogP contribution in [-0.4, -0.2) is 26.1 Å². The number of anilines is 3. The summed E-state index contributed by atoms with van der Waals surface area (Å²) < 4.78 is 5.45. The van der Waals surface area contributed by atoms with E-state index in [0.29, 0.717) is 23.6 Å². The van der Waals surface area contributed by atoms with Crippen LogP contribution < -0.4 is 16.8 Å². The smallest absolute Gasteiger partial charge is 0.253 e. The number of nitrogens with two attached hydrogens (primary N) is 2. The zero-order chi connectivity index (χ0) is 18.0. The molecule has 1 amide bonds. The number of nitrogens with one attached hydrogen (secondary N) is 1. The van der Waals surface area contributed by atoms with Crippen molar-refractivity contribution in [2.75, 3.05) is 11.1 Å². The van der Waals surface area contributed by atoms with E-state index in [9.17, 15) is 4.79 Å². The molecule has 0 spiro atoms. The molecule has 5 N–H and O–H groups in total. The van der Waals surface area contributed by atoms with Gasteiger partial charge < -0.3 is 21.2 Å². The molecule has 3 rings (SSSR count). The molecule has 1 aromatic carbocycles. The summed E-state index contributed by atoms with van der Waals surface area (Å²) in [7, 11) is 0. The molecule has 0 aliphatic carbocycles. The molecule has 0 aliphatic heterocycles. The lowest BCUT2D eigenvalue weighted by atomic mass is 10.2. The summed E-state index contributed by atoms with van der Waals surface area (Å²) >= 11 is 6.01. The van der Waals surface area contributed by atoms with Crippen LogP contribution in [0.3, 0.4) is 0 Å². The highest BCUT2D eigenvalue weighted by Gasteiger charge is 2.14. The molecule has 0 fully saturated rings. The van der Waals surface area contributed by atoms with Gasteiger partial charge in [0.05, 0.1) is 16.1 Å². The molecule has 3 aromatic rings. The topological polar surface area (TPSA) is 146 Å². The Bertz CT molecular complexity index is 941. The summed E-state index contributed by atoms with van der Waals surface area (Å²) in [4.78, 5) is 19.5. The number of carbonyl (C=O) groups is 1. The number of amides is 1. The predicted molar refractivity (Wildman–Crippen MR) is 92.4 cm³/mol. The molecule has 0 bridgehead atoms. The number of nitrogen functional groups attached to an aromatic ring is 1. The van der Waals surface area contributed by atoms with Gasteiger partial charge in [-0.05, 0) is 18.2 Å². The van der Waals surface area contributed by atoms with Gasteiger partial charge in [-0.15, -0.1) is 10.2 Å². The lowest BCUT2D eigenvalue weighted by Crippen LogP contribution is -2.11. The zero-order valence-electron chi connectivity index (χ0n) is 13.2. The fraction of sp³-hybridized carbons (Fsp3) is 0.133. The van der Waals surface area contributed by atoms with E-state index in [0.717, 1.165) is 0 Å². The first-order chi connectivity index (χ1) is 12.0. The summed E-state index contributed by atoms with van der Waals surface area (Å²) in [5, 5.41) is 11.0. The van der Waals surface area contributed by atoms with Gasteiger partial charge in [-0.3, -0.25) is 4.79 Å². The number of primary amides is 1. The summed E-state index contributed by atoms with van der Waals surface area (Å²) in [6.07, 6.45) is 2.10. The third-order valence-electron chi connectivity index (χ3n) is 3.31. The van der Waals surface area contributed by atoms with Crippen molar-refractivity contribution in [3.05, 3.63) is 40.9 Å². The van der Waals surface area contributed by atoms with E-state index in [1.165, 1.54) is 12.3 Å². The largest absolute Gasteiger partial charge is 0.421 e. The Balaban J connectivity index is 1.83. The third kappa shape index (κ3) is 3.50. The van der Waals surface area contributed by atoms with Gasteiger partial charge in [-0.25, -0.2) is 4.98 Å². The first kappa shape index (κ1) is 16.7. The molecule has 0 atom stereocenters. The molecule has 0 unspecified atom stereocenters. The van der Waals surface area contributed by atoms with Crippen LogP contribution in [0.25, 0.3) is 11.5 Å². The molecule has 128 valence electrons. The highest BCUT2D eigenvalue weighted by molar-refractivity contribution is 6.34. The molecule has 0 radical (unpaired) electrons. The number of nitrogens with zero attached hydrogens (tertiary/aromatic N) is 4. The highest BCUT2D eigenvalue weighted by atomic mass is 35.5. The van der Waals surface area contributed by atoms with E-state index in [4.69, 9.17) is 27.5 Å². The van der Waals surface area contributed by atoms with Crippen molar-refractivity contribution in [3.63, 3.8) is 0 Å². The van der Waals surface area contributed by atoms with Crippen LogP contribution in [0.2, 0.25) is 5.02 Å². The van der Waals surface area contributed by atoms with Crippen LogP contribution in [0.4, 0.5) is 17.5 Å². The van der Waals surface area contributed by atoms with Crippen molar-refractivity contribution in [2.24, 2.45) is 5.73 Å². The molecule has 10 heteroatoms. The number of rotatable bonds is 5. The van der Waals surface area contributed by atoms with Crippen molar-refractivity contribution in [1.29, 1.82) is 0 Å². The molecule has 2 aromatic heterocycles. The van der Waals surface area contributed by atoms with Crippen LogP contribution in [0.5, 0.6) is 0 Å². The fourth-order valence-corrected chi connectivity index (χ4v) is 2.32. The van der Waals surface area contributed by atoms with Gasteiger partial charge >= 0.3 is 0 Å². The number of halogens is 1. The Morgan fingerprint density at radius 2 is 2.16 bits per heavy atom. The van der Waals surface area contributed by atoms with Gasteiger partial charge in [-0.1, -0.05) is 18.5 Å². The Morgan fingerprint density at radius 3 is 2.76 bits per heavy atom. The second kappa shape index (κ2) is 6.73. The number of aryl methyl sites for hydroxylation is 1. The van der Waals surface area contributed by atoms with Gasteiger partial charge in [-0.2, -0.15) is 4.98 Å². The summed E-state index contributed by atoms with van der Waals surface area (Å²) in [6.45, 7) is 1.90. The zero-order valence-corrected chi connectivity index (χ0v) is 13.9. The molecular weight excluding hydrogens is 346 g/mol. The van der Waals surface area contributed by atoms with E-state index >= 15 is 0 Å². The van der Waals surface area contributed by atoms with Crippen molar-refractivity contribution >= 4 is 35.0 Å². The van der Waals surface area contributed by atoms with Gasteiger partial charge in [0.25, 0.3) is 5.89 Å². The number of hydrogen-bond acceptors (Lipinski definition) is 8. The van der Waals surface area contributed by atoms with Gasteiger partial charge in [0.2, 0.25) is 17.7 Å². The van der Waals surface area contributed by atoms with Crippen LogP contribution in [0, 0.1) is 0 Å². The Kier molecular flexibility index (Phi) is 4.48. The summed E-state index contributed by atoms with van der Waals surface area (Å²) in [5.41, 5.74) is 12.4. The van der Waals surface area contributed by atoms with Crippen molar-refractivity contribution in [3.8, 4) is 11.5 Å². The number of hydrogen-bond donors (Lipinski definition) is 3. The molecule has 25 heavy (non-hydrogen) atoms. The molecule has 0 saturated carbocycles. The van der Waals surface area contributed by atoms with Crippen LogP contribution in [0.15, 0.2) is 28.8 Å². The molecule has 0 aliphatic rings. The van der Waals surface area contributed by atoms with Crippen LogP contribution in [0.1, 0.15) is 23.2 Å². The number of aromatic nitrogens is 4. The average Bonchev–Trinajstić information content (AvgIpc) is 3.03. The number of benzene rings is 1. The number of carbonyl (C=O) groups excluding carboxylic acids is 1. The predicted octanol–water partition coefficient (Wildman–Crippen LogP) is 2.17. The highest BCUT2D eigenvalue weighted by Crippen LogP contribution is 2.26. The van der Waals surface area contributed by atoms with E-state index in [-0.39, 0.29) is 28.2 Å². The maximum Gasteiger partial charge on any atom is 0.253 e. The Morgan fingerprint density at radius 1 is 1.36 bits per heavy atom. The first-order valence-corrected chi connectivity index (χ1v) is 7.67. The Hall–Kier alpha value is -3.20. The molecule has 2 heterocycles. The Labute approximate surface area is 147 Å². The second-order valence-electron chi connectivity index (χ2n) is 5.03. The monoisotopic (exact) mass is 359 g/mol. The average molecular weight is 360 g/mol.